The molecule has 0 heterocycles. The summed E-state index contributed by atoms with van der Waals surface area (Å²) in [6.07, 6.45) is 0.925. The Bertz CT molecular complexity index is 376. The van der Waals surface area contributed by atoms with Crippen molar-refractivity contribution in [2.24, 2.45) is 0 Å². The number of aliphatic hydroxyl groups is 1. The third-order valence-electron chi connectivity index (χ3n) is 2.29. The molecule has 0 aliphatic carbocycles. The number of aryl methyl sites for hydroxylation is 1. The minimum Gasteiger partial charge on any atom is -0.490 e. The third-order valence-corrected chi connectivity index (χ3v) is 2.29. The van der Waals surface area contributed by atoms with Gasteiger partial charge in [-0.2, -0.15) is 0 Å². The summed E-state index contributed by atoms with van der Waals surface area (Å²) in [6.45, 7) is 1.71. The number of nitro groups is 1. The van der Waals surface area contributed by atoms with Crippen LogP contribution >= 0.6 is 0 Å². The molecule has 0 aromatic heterocycles. The van der Waals surface area contributed by atoms with Crippen molar-refractivity contribution in [3.8, 4) is 5.75 Å². The summed E-state index contributed by atoms with van der Waals surface area (Å²) < 4.78 is 4.95. The van der Waals surface area contributed by atoms with Crippen LogP contribution in [0, 0.1) is 10.1 Å². The second kappa shape index (κ2) is 5.46. The first kappa shape index (κ1) is 12.4. The first-order valence-corrected chi connectivity index (χ1v) is 5.04. The van der Waals surface area contributed by atoms with Gasteiger partial charge in [0.25, 0.3) is 0 Å². The predicted octanol–water partition coefficient (Wildman–Crippen LogP) is 1.92. The van der Waals surface area contributed by atoms with Crippen LogP contribution < -0.4 is 4.74 Å². The molecule has 0 spiro atoms. The molecule has 0 saturated carbocycles. The summed E-state index contributed by atoms with van der Waals surface area (Å²) in [5.41, 5.74) is 0.881. The zero-order valence-electron chi connectivity index (χ0n) is 9.34. The highest BCUT2D eigenvalue weighted by Gasteiger charge is 2.14. The first-order valence-electron chi connectivity index (χ1n) is 5.04. The van der Waals surface area contributed by atoms with Gasteiger partial charge in [0.05, 0.1) is 18.1 Å². The Morgan fingerprint density at radius 1 is 1.56 bits per heavy atom. The predicted molar refractivity (Wildman–Crippen MR) is 59.7 cm³/mol. The highest BCUT2D eigenvalue weighted by atomic mass is 16.6. The third kappa shape index (κ3) is 3.20. The van der Waals surface area contributed by atoms with Crippen LogP contribution in [-0.4, -0.2) is 23.2 Å². The van der Waals surface area contributed by atoms with Crippen molar-refractivity contribution in [2.75, 3.05) is 7.11 Å². The number of nitrogens with zero attached hydrogens (tertiary/aromatic N) is 1. The van der Waals surface area contributed by atoms with Crippen molar-refractivity contribution in [1.82, 2.24) is 0 Å². The number of nitro benzene ring substituents is 1. The summed E-state index contributed by atoms with van der Waals surface area (Å²) >= 11 is 0. The van der Waals surface area contributed by atoms with Crippen LogP contribution in [0.1, 0.15) is 18.9 Å². The van der Waals surface area contributed by atoms with Gasteiger partial charge >= 0.3 is 5.69 Å². The lowest BCUT2D eigenvalue weighted by Crippen LogP contribution is -2.02. The number of benzene rings is 1. The maximum absolute atomic E-state index is 10.6. The van der Waals surface area contributed by atoms with E-state index in [0.717, 1.165) is 5.56 Å². The quantitative estimate of drug-likeness (QED) is 0.613. The highest BCUT2D eigenvalue weighted by Crippen LogP contribution is 2.27. The van der Waals surface area contributed by atoms with Crippen LogP contribution in [0.15, 0.2) is 18.2 Å². The van der Waals surface area contributed by atoms with Gasteiger partial charge in [-0.15, -0.1) is 0 Å². The Kier molecular flexibility index (Phi) is 4.25. The number of hydrogen-bond acceptors (Lipinski definition) is 4. The molecule has 1 aromatic rings. The maximum Gasteiger partial charge on any atom is 0.310 e. The van der Waals surface area contributed by atoms with Gasteiger partial charge in [-0.3, -0.25) is 10.1 Å². The second-order valence-corrected chi connectivity index (χ2v) is 3.65. The van der Waals surface area contributed by atoms with Crippen LogP contribution in [0.3, 0.4) is 0 Å². The smallest absolute Gasteiger partial charge is 0.310 e. The number of hydrogen-bond donors (Lipinski definition) is 1. The lowest BCUT2D eigenvalue weighted by Gasteiger charge is -2.06. The zero-order valence-corrected chi connectivity index (χ0v) is 9.34. The molecule has 0 saturated heterocycles. The van der Waals surface area contributed by atoms with E-state index in [9.17, 15) is 10.1 Å². The van der Waals surface area contributed by atoms with Crippen LogP contribution in [-0.2, 0) is 6.42 Å². The average Bonchev–Trinajstić information content (AvgIpc) is 2.25. The summed E-state index contributed by atoms with van der Waals surface area (Å²) in [6, 6.07) is 4.75. The fourth-order valence-corrected chi connectivity index (χ4v) is 1.40. The Morgan fingerprint density at radius 3 is 2.75 bits per heavy atom. The molecule has 1 rings (SSSR count). The van der Waals surface area contributed by atoms with Crippen molar-refractivity contribution in [1.29, 1.82) is 0 Å². The van der Waals surface area contributed by atoms with E-state index < -0.39 is 4.92 Å². The topological polar surface area (TPSA) is 72.6 Å². The van der Waals surface area contributed by atoms with E-state index >= 15 is 0 Å². The van der Waals surface area contributed by atoms with Crippen molar-refractivity contribution in [3.05, 3.63) is 33.9 Å². The first-order chi connectivity index (χ1) is 7.54. The number of aliphatic hydroxyl groups excluding tert-OH is 1. The molecule has 1 aromatic carbocycles. The molecular weight excluding hydrogens is 210 g/mol. The van der Waals surface area contributed by atoms with Crippen LogP contribution in [0.5, 0.6) is 5.75 Å². The highest BCUT2D eigenvalue weighted by molar-refractivity contribution is 5.48. The molecule has 0 aliphatic rings. The monoisotopic (exact) mass is 225 g/mol. The molecular formula is C11H15NO4. The Balaban J connectivity index is 2.86. The van der Waals surface area contributed by atoms with Crippen molar-refractivity contribution in [2.45, 2.75) is 25.9 Å². The molecule has 5 nitrogen and oxygen atoms in total. The summed E-state index contributed by atoms with van der Waals surface area (Å²) in [5.74, 6) is 0.257. The van der Waals surface area contributed by atoms with Gasteiger partial charge in [-0.05, 0) is 31.4 Å². The molecule has 0 fully saturated rings. The van der Waals surface area contributed by atoms with Gasteiger partial charge < -0.3 is 9.84 Å². The van der Waals surface area contributed by atoms with E-state index in [1.54, 1.807) is 19.1 Å². The van der Waals surface area contributed by atoms with Gasteiger partial charge in [0.2, 0.25) is 0 Å². The van der Waals surface area contributed by atoms with Crippen molar-refractivity contribution >= 4 is 5.69 Å². The SMILES string of the molecule is COc1cc(CCC(C)O)ccc1[N+](=O)[O-]. The van der Waals surface area contributed by atoms with Crippen LogP contribution in [0.25, 0.3) is 0 Å². The fraction of sp³-hybridized carbons (Fsp3) is 0.455. The van der Waals surface area contributed by atoms with Crippen molar-refractivity contribution in [3.63, 3.8) is 0 Å². The van der Waals surface area contributed by atoms with E-state index in [4.69, 9.17) is 9.84 Å². The fourth-order valence-electron chi connectivity index (χ4n) is 1.40. The Hall–Kier alpha value is -1.62. The summed E-state index contributed by atoms with van der Waals surface area (Å²) in [4.78, 5) is 10.2. The van der Waals surface area contributed by atoms with Gasteiger partial charge in [0.1, 0.15) is 0 Å². The maximum atomic E-state index is 10.6. The average molecular weight is 225 g/mol. The largest absolute Gasteiger partial charge is 0.490 e. The Labute approximate surface area is 93.8 Å². The summed E-state index contributed by atoms with van der Waals surface area (Å²) in [7, 11) is 1.40. The van der Waals surface area contributed by atoms with E-state index in [1.165, 1.54) is 13.2 Å². The van der Waals surface area contributed by atoms with E-state index in [0.29, 0.717) is 12.8 Å². The molecule has 16 heavy (non-hydrogen) atoms. The Morgan fingerprint density at radius 2 is 2.25 bits per heavy atom. The molecule has 5 heteroatoms. The summed E-state index contributed by atoms with van der Waals surface area (Å²) in [5, 5.41) is 19.8. The van der Waals surface area contributed by atoms with Gasteiger partial charge in [0, 0.05) is 6.07 Å². The van der Waals surface area contributed by atoms with Crippen LogP contribution in [0.2, 0.25) is 0 Å². The van der Waals surface area contributed by atoms with Crippen molar-refractivity contribution < 1.29 is 14.8 Å². The molecule has 1 N–H and O–H groups in total. The normalized spacial score (nSPS) is 12.2. The van der Waals surface area contributed by atoms with E-state index in [-0.39, 0.29) is 17.5 Å². The molecule has 0 aliphatic heterocycles. The van der Waals surface area contributed by atoms with Gasteiger partial charge in [-0.1, -0.05) is 6.07 Å². The zero-order chi connectivity index (χ0) is 12.1. The van der Waals surface area contributed by atoms with E-state index in [1.807, 2.05) is 0 Å². The minimum atomic E-state index is -0.475. The minimum absolute atomic E-state index is 0.0386. The van der Waals surface area contributed by atoms with E-state index in [2.05, 4.69) is 0 Å². The molecule has 88 valence electrons. The number of ether oxygens (including phenoxy) is 1. The number of rotatable bonds is 5. The van der Waals surface area contributed by atoms with Gasteiger partial charge in [-0.25, -0.2) is 0 Å². The molecule has 0 radical (unpaired) electrons. The lowest BCUT2D eigenvalue weighted by molar-refractivity contribution is -0.385. The van der Waals surface area contributed by atoms with Crippen LogP contribution in [0.4, 0.5) is 5.69 Å². The molecule has 0 amide bonds. The lowest BCUT2D eigenvalue weighted by atomic mass is 10.1. The molecule has 1 atom stereocenters. The second-order valence-electron chi connectivity index (χ2n) is 3.65. The standard InChI is InChI=1S/C11H15NO4/c1-8(13)3-4-9-5-6-10(12(14)15)11(7-9)16-2/h5-8,13H,3-4H2,1-2H3. The molecule has 1 unspecified atom stereocenters. The molecule has 0 bridgehead atoms. The number of methoxy groups -OCH3 is 1. The van der Waals surface area contributed by atoms with Gasteiger partial charge in [0.15, 0.2) is 5.75 Å².